The van der Waals surface area contributed by atoms with Gasteiger partial charge in [0.2, 0.25) is 0 Å². The maximum absolute atomic E-state index is 12.4. The van der Waals surface area contributed by atoms with Gasteiger partial charge in [0, 0.05) is 0 Å². The second-order valence-corrected chi connectivity index (χ2v) is 20.1. The predicted octanol–water partition coefficient (Wildman–Crippen LogP) is 2.15. The maximum atomic E-state index is 12.4. The van der Waals surface area contributed by atoms with E-state index in [-0.39, 0.29) is 45.5 Å². The summed E-state index contributed by atoms with van der Waals surface area (Å²) in [7, 11) is 0. The minimum atomic E-state index is -1.67. The van der Waals surface area contributed by atoms with Crippen molar-refractivity contribution in [1.29, 1.82) is 0 Å². The maximum Gasteiger partial charge on any atom is 0.187 e. The third kappa shape index (κ3) is 7.20. The van der Waals surface area contributed by atoms with Crippen molar-refractivity contribution in [3.05, 3.63) is 11.6 Å². The van der Waals surface area contributed by atoms with E-state index in [1.54, 1.807) is 0 Å². The fourth-order valence-corrected chi connectivity index (χ4v) is 13.2. The van der Waals surface area contributed by atoms with Gasteiger partial charge in [-0.25, -0.2) is 0 Å². The second kappa shape index (κ2) is 15.7. The molecule has 2 saturated heterocycles. The summed E-state index contributed by atoms with van der Waals surface area (Å²) in [4.78, 5) is 0. The van der Waals surface area contributed by atoms with Crippen LogP contribution in [0.1, 0.15) is 113 Å². The van der Waals surface area contributed by atoms with Crippen molar-refractivity contribution < 1.29 is 64.9 Å². The molecule has 2 aliphatic heterocycles. The Morgan fingerprint density at radius 1 is 0.727 bits per heavy atom. The van der Waals surface area contributed by atoms with Crippen molar-refractivity contribution in [1.82, 2.24) is 0 Å². The highest BCUT2D eigenvalue weighted by atomic mass is 16.7. The number of allylic oxidation sites excluding steroid dienone is 2. The van der Waals surface area contributed by atoms with Crippen molar-refractivity contribution in [3.8, 4) is 0 Å². The van der Waals surface area contributed by atoms with Gasteiger partial charge in [-0.2, -0.15) is 0 Å². The predicted molar refractivity (Wildman–Crippen MR) is 201 cm³/mol. The second-order valence-electron chi connectivity index (χ2n) is 20.1. The van der Waals surface area contributed by atoms with Crippen LogP contribution < -0.4 is 0 Å². The number of rotatable bonds is 10. The number of fused-ring (bicyclic) bond motifs is 5. The van der Waals surface area contributed by atoms with Gasteiger partial charge in [-0.05, 0) is 124 Å². The summed E-state index contributed by atoms with van der Waals surface area (Å²) in [5.74, 6) is 0.389. The third-order valence-electron chi connectivity index (χ3n) is 16.7. The molecule has 6 rings (SSSR count). The van der Waals surface area contributed by atoms with Gasteiger partial charge in [-0.3, -0.25) is 0 Å². The summed E-state index contributed by atoms with van der Waals surface area (Å²) >= 11 is 0. The first kappa shape index (κ1) is 43.8. The lowest BCUT2D eigenvalue weighted by Crippen LogP contribution is -2.67. The first-order valence-corrected chi connectivity index (χ1v) is 20.9. The van der Waals surface area contributed by atoms with Crippen molar-refractivity contribution in [2.75, 3.05) is 13.2 Å². The van der Waals surface area contributed by atoms with Crippen LogP contribution in [-0.2, 0) is 18.9 Å². The molecular formula is C42H72O13. The average molecular weight is 785 g/mol. The molecule has 2 heterocycles. The van der Waals surface area contributed by atoms with Gasteiger partial charge in [0.25, 0.3) is 0 Å². The summed E-state index contributed by atoms with van der Waals surface area (Å²) in [6, 6.07) is 0. The quantitative estimate of drug-likeness (QED) is 0.145. The van der Waals surface area contributed by atoms with Crippen LogP contribution in [0.2, 0.25) is 0 Å². The largest absolute Gasteiger partial charge is 0.394 e. The minimum Gasteiger partial charge on any atom is -0.394 e. The van der Waals surface area contributed by atoms with E-state index in [2.05, 4.69) is 40.7 Å². The van der Waals surface area contributed by atoms with E-state index in [0.717, 1.165) is 44.1 Å². The molecule has 9 N–H and O–H groups in total. The zero-order chi connectivity index (χ0) is 40.6. The van der Waals surface area contributed by atoms with Crippen molar-refractivity contribution in [2.45, 2.75) is 192 Å². The Bertz CT molecular complexity index is 1370. The highest BCUT2D eigenvalue weighted by Gasteiger charge is 2.71. The van der Waals surface area contributed by atoms with Crippen molar-refractivity contribution in [2.24, 2.45) is 45.3 Å². The Hall–Kier alpha value is -0.780. The highest BCUT2D eigenvalue weighted by molar-refractivity contribution is 5.20. The first-order chi connectivity index (χ1) is 25.6. The standard InChI is InChI=1S/C42H72O13/c1-21(2)10-9-14-42(8,55-37-35(51)33(49)31(47)25(54-37)20-52-36-34(50)32(48)30(46)24(19-43)53-36)22-11-16-41(7)29(22)23(44)18-27-39(5)15-13-28(45)38(3,4)26(39)12-17-40(27,41)6/h10,22-37,43-51H,9,11-20H2,1-8H3/t22-,23+,24+,25+,26?,27+,28-,29-,30+,31+,32-,33-,34+,35+,36+,37-,39-,40+,41+,42-/m0/s1. The molecule has 0 bridgehead atoms. The Balaban J connectivity index is 1.25. The topological polar surface area (TPSA) is 219 Å². The van der Waals surface area contributed by atoms with E-state index in [1.807, 2.05) is 20.8 Å². The molecular weight excluding hydrogens is 712 g/mol. The molecule has 6 aliphatic rings. The lowest BCUT2D eigenvalue weighted by atomic mass is 9.35. The Labute approximate surface area is 327 Å². The van der Waals surface area contributed by atoms with Crippen LogP contribution in [0.25, 0.3) is 0 Å². The summed E-state index contributed by atoms with van der Waals surface area (Å²) < 4.78 is 24.2. The SMILES string of the molecule is CC(C)=CCC[C@](C)(O[C@@H]1O[C@H](CO[C@@H]2O[C@H](CO)[C@@H](O)[C@H](O)[C@H]2O)[C@@H](O)[C@H](O)[C@H]1O)[C@H]1CC[C@]2(C)[C@@H]1[C@H](O)C[C@@H]1[C@@]3(C)CC[C@H](O)C(C)(C)C3CC[C@]12C. The van der Waals surface area contributed by atoms with E-state index >= 15 is 0 Å². The van der Waals surface area contributed by atoms with E-state index < -0.39 is 86.3 Å². The van der Waals surface area contributed by atoms with Crippen LogP contribution in [0.5, 0.6) is 0 Å². The fraction of sp³-hybridized carbons (Fsp3) is 0.952. The molecule has 1 unspecified atom stereocenters. The third-order valence-corrected chi connectivity index (χ3v) is 16.7. The summed E-state index contributed by atoms with van der Waals surface area (Å²) in [6.07, 6.45) is -6.62. The van der Waals surface area contributed by atoms with Gasteiger partial charge in [-0.1, -0.05) is 46.3 Å². The Kier molecular flexibility index (Phi) is 12.5. The molecule has 20 atom stereocenters. The lowest BCUT2D eigenvalue weighted by molar-refractivity contribution is -0.349. The molecule has 0 aromatic rings. The normalized spacial score (nSPS) is 52.0. The van der Waals surface area contributed by atoms with E-state index in [4.69, 9.17) is 18.9 Å². The number of ether oxygens (including phenoxy) is 4. The van der Waals surface area contributed by atoms with Gasteiger partial charge in [0.1, 0.15) is 48.8 Å². The molecule has 4 saturated carbocycles. The fourth-order valence-electron chi connectivity index (χ4n) is 13.2. The molecule has 13 heteroatoms. The van der Waals surface area contributed by atoms with Gasteiger partial charge in [0.15, 0.2) is 12.6 Å². The average Bonchev–Trinajstić information content (AvgIpc) is 3.51. The lowest BCUT2D eigenvalue weighted by Gasteiger charge is -2.70. The van der Waals surface area contributed by atoms with E-state index in [9.17, 15) is 46.0 Å². The zero-order valence-corrected chi connectivity index (χ0v) is 34.3. The first-order valence-electron chi connectivity index (χ1n) is 20.9. The Morgan fingerprint density at radius 3 is 1.96 bits per heavy atom. The van der Waals surface area contributed by atoms with Crippen LogP contribution in [0.4, 0.5) is 0 Å². The van der Waals surface area contributed by atoms with E-state index in [1.165, 1.54) is 0 Å². The molecule has 0 aromatic carbocycles. The van der Waals surface area contributed by atoms with Gasteiger partial charge >= 0.3 is 0 Å². The Morgan fingerprint density at radius 2 is 1.33 bits per heavy atom. The summed E-state index contributed by atoms with van der Waals surface area (Å²) in [5, 5.41) is 97.4. The highest BCUT2D eigenvalue weighted by Crippen LogP contribution is 2.76. The van der Waals surface area contributed by atoms with Crippen LogP contribution in [-0.4, -0.2) is 138 Å². The summed E-state index contributed by atoms with van der Waals surface area (Å²) in [5.41, 5.74) is -0.301. The molecule has 55 heavy (non-hydrogen) atoms. The van der Waals surface area contributed by atoms with Crippen molar-refractivity contribution in [3.63, 3.8) is 0 Å². The van der Waals surface area contributed by atoms with E-state index in [0.29, 0.717) is 25.2 Å². The van der Waals surface area contributed by atoms with Gasteiger partial charge in [0.05, 0.1) is 31.0 Å². The molecule has 0 radical (unpaired) electrons. The van der Waals surface area contributed by atoms with Crippen molar-refractivity contribution >= 4 is 0 Å². The molecule has 13 nitrogen and oxygen atoms in total. The number of aliphatic hydroxyl groups is 9. The van der Waals surface area contributed by atoms with Crippen LogP contribution in [0, 0.1) is 45.3 Å². The van der Waals surface area contributed by atoms with Crippen LogP contribution in [0.15, 0.2) is 11.6 Å². The monoisotopic (exact) mass is 784 g/mol. The number of hydrogen-bond acceptors (Lipinski definition) is 13. The molecule has 6 fully saturated rings. The molecule has 0 amide bonds. The zero-order valence-electron chi connectivity index (χ0n) is 34.3. The number of aliphatic hydroxyl groups excluding tert-OH is 9. The smallest absolute Gasteiger partial charge is 0.187 e. The molecule has 318 valence electrons. The molecule has 0 aromatic heterocycles. The van der Waals surface area contributed by atoms with Crippen LogP contribution in [0.3, 0.4) is 0 Å². The van der Waals surface area contributed by atoms with Gasteiger partial charge < -0.3 is 64.9 Å². The van der Waals surface area contributed by atoms with Crippen LogP contribution >= 0.6 is 0 Å². The molecule has 0 spiro atoms. The van der Waals surface area contributed by atoms with Gasteiger partial charge in [-0.15, -0.1) is 0 Å². The summed E-state index contributed by atoms with van der Waals surface area (Å²) in [6.45, 7) is 16.7. The molecule has 4 aliphatic carbocycles. The number of hydrogen-bond donors (Lipinski definition) is 9. The minimum absolute atomic E-state index is 0.0181.